The minimum atomic E-state index is -0.767. The average Bonchev–Trinajstić information content (AvgIpc) is 3.86. The summed E-state index contributed by atoms with van der Waals surface area (Å²) in [6.07, 6.45) is -0.631. The van der Waals surface area contributed by atoms with Crippen LogP contribution in [0, 0.1) is 0 Å². The van der Waals surface area contributed by atoms with Crippen LogP contribution in [0.4, 0.5) is 20.2 Å². The second-order valence-electron chi connectivity index (χ2n) is 12.0. The quantitative estimate of drug-likeness (QED) is 0.202. The van der Waals surface area contributed by atoms with Gasteiger partial charge in [-0.15, -0.1) is 4.68 Å². The van der Waals surface area contributed by atoms with Crippen molar-refractivity contribution in [2.45, 2.75) is 77.4 Å². The maximum absolute atomic E-state index is 13.0. The molecular formula is C35H44N4O10. The van der Waals surface area contributed by atoms with Crippen molar-refractivity contribution in [2.24, 2.45) is 0 Å². The molecule has 1 aliphatic carbocycles. The molecule has 2 aromatic carbocycles. The number of nitrogens with zero attached hydrogens (tertiary/aromatic N) is 2. The topological polar surface area (TPSA) is 158 Å². The molecule has 2 atom stereocenters. The lowest BCUT2D eigenvalue weighted by Gasteiger charge is -2.19. The minimum absolute atomic E-state index is 0.0218. The molecule has 0 spiro atoms. The van der Waals surface area contributed by atoms with E-state index in [0.717, 1.165) is 27.1 Å². The summed E-state index contributed by atoms with van der Waals surface area (Å²) in [5.74, 6) is 1.40. The number of anilines is 1. The maximum Gasteiger partial charge on any atom is 0.436 e. The molecule has 2 heterocycles. The minimum Gasteiger partial charge on any atom is -0.497 e. The van der Waals surface area contributed by atoms with Crippen LogP contribution in [0.2, 0.25) is 0 Å². The molecule has 5 rings (SSSR count). The second kappa shape index (κ2) is 17.0. The zero-order valence-corrected chi connectivity index (χ0v) is 28.3. The van der Waals surface area contributed by atoms with E-state index in [2.05, 4.69) is 15.7 Å². The van der Waals surface area contributed by atoms with Gasteiger partial charge in [-0.3, -0.25) is 5.32 Å². The molecule has 2 aliphatic rings. The molecule has 1 aliphatic heterocycles. The smallest absolute Gasteiger partial charge is 0.436 e. The van der Waals surface area contributed by atoms with E-state index in [-0.39, 0.29) is 37.1 Å². The standard InChI is InChI=1S/C35H44N4O10/c1-5-44-35(42)39-30(20-28(38-39)25-11-14-27(19-25)49-34(41)36-22(2)3)37-33(40)47-16-15-24-7-6-8-29(31(24)32-45-17-18-46-32)48-21-23-9-12-26(43-4)13-10-23/h6-10,12-13,20,22,25,27,32H,5,11,14-19,21H2,1-4H3,(H,36,41)(H,37,40)/t25-,27+/m0/s1. The third kappa shape index (κ3) is 9.63. The summed E-state index contributed by atoms with van der Waals surface area (Å²) in [5, 5.41) is 9.79. The number of amides is 2. The van der Waals surface area contributed by atoms with Crippen LogP contribution < -0.4 is 20.1 Å². The first-order valence-corrected chi connectivity index (χ1v) is 16.5. The molecule has 2 N–H and O–H groups in total. The van der Waals surface area contributed by atoms with Gasteiger partial charge in [0.15, 0.2) is 6.29 Å². The Kier molecular flexibility index (Phi) is 12.3. The molecule has 3 aromatic rings. The molecule has 2 amide bonds. The summed E-state index contributed by atoms with van der Waals surface area (Å²) in [7, 11) is 1.62. The number of alkyl carbamates (subject to hydrolysis) is 1. The predicted molar refractivity (Wildman–Crippen MR) is 177 cm³/mol. The van der Waals surface area contributed by atoms with Crippen LogP contribution in [-0.2, 0) is 36.7 Å². The summed E-state index contributed by atoms with van der Waals surface area (Å²) >= 11 is 0. The van der Waals surface area contributed by atoms with Gasteiger partial charge in [0.1, 0.15) is 30.0 Å². The molecule has 14 heteroatoms. The Morgan fingerprint density at radius 2 is 1.80 bits per heavy atom. The van der Waals surface area contributed by atoms with Crippen LogP contribution in [0.15, 0.2) is 48.5 Å². The molecule has 0 unspecified atom stereocenters. The van der Waals surface area contributed by atoms with Gasteiger partial charge in [-0.25, -0.2) is 14.4 Å². The lowest BCUT2D eigenvalue weighted by Crippen LogP contribution is -2.33. The zero-order chi connectivity index (χ0) is 34.8. The molecule has 0 radical (unpaired) electrons. The highest BCUT2D eigenvalue weighted by atomic mass is 16.7. The van der Waals surface area contributed by atoms with Gasteiger partial charge in [0.2, 0.25) is 0 Å². The molecule has 0 bridgehead atoms. The number of methoxy groups -OCH3 is 1. The average molecular weight is 681 g/mol. The number of carbonyl (C=O) groups is 3. The Hall–Kier alpha value is -4.82. The van der Waals surface area contributed by atoms with Crippen LogP contribution in [0.3, 0.4) is 0 Å². The summed E-state index contributed by atoms with van der Waals surface area (Å²) < 4.78 is 40.3. The molecular weight excluding hydrogens is 636 g/mol. The number of aromatic nitrogens is 2. The molecule has 49 heavy (non-hydrogen) atoms. The van der Waals surface area contributed by atoms with Crippen LogP contribution >= 0.6 is 0 Å². The lowest BCUT2D eigenvalue weighted by molar-refractivity contribution is -0.0465. The van der Waals surface area contributed by atoms with Crippen LogP contribution in [0.1, 0.15) is 74.6 Å². The number of carbonyl (C=O) groups excluding carboxylic acids is 3. The molecule has 264 valence electrons. The molecule has 1 saturated carbocycles. The van der Waals surface area contributed by atoms with E-state index >= 15 is 0 Å². The van der Waals surface area contributed by atoms with E-state index in [1.165, 1.54) is 0 Å². The van der Waals surface area contributed by atoms with Crippen molar-refractivity contribution in [2.75, 3.05) is 38.9 Å². The number of ether oxygens (including phenoxy) is 7. The maximum atomic E-state index is 13.0. The van der Waals surface area contributed by atoms with Crippen LogP contribution in [-0.4, -0.2) is 73.7 Å². The SMILES string of the molecule is CCOC(=O)n1nc([C@H]2CC[C@@H](OC(=O)NC(C)C)C2)cc1NC(=O)OCCc1cccc(OCc2ccc(OC)cc2)c1C1OCCO1. The van der Waals surface area contributed by atoms with E-state index in [0.29, 0.717) is 56.9 Å². The lowest BCUT2D eigenvalue weighted by atomic mass is 10.0. The highest BCUT2D eigenvalue weighted by Gasteiger charge is 2.32. The number of hydrogen-bond donors (Lipinski definition) is 2. The predicted octanol–water partition coefficient (Wildman–Crippen LogP) is 6.08. The van der Waals surface area contributed by atoms with Crippen LogP contribution in [0.25, 0.3) is 0 Å². The van der Waals surface area contributed by atoms with Crippen molar-refractivity contribution in [1.82, 2.24) is 15.1 Å². The first kappa shape index (κ1) is 35.5. The first-order chi connectivity index (χ1) is 23.7. The Bertz CT molecular complexity index is 1570. The van der Waals surface area contributed by atoms with Crippen molar-refractivity contribution in [3.8, 4) is 11.5 Å². The summed E-state index contributed by atoms with van der Waals surface area (Å²) in [6.45, 7) is 6.77. The number of hydrogen-bond acceptors (Lipinski definition) is 11. The van der Waals surface area contributed by atoms with Gasteiger partial charge < -0.3 is 38.5 Å². The van der Waals surface area contributed by atoms with Crippen molar-refractivity contribution in [1.29, 1.82) is 0 Å². The van der Waals surface area contributed by atoms with Gasteiger partial charge in [-0.05, 0) is 69.4 Å². The Balaban J connectivity index is 1.21. The van der Waals surface area contributed by atoms with Crippen molar-refractivity contribution in [3.63, 3.8) is 0 Å². The van der Waals surface area contributed by atoms with Gasteiger partial charge in [-0.2, -0.15) is 5.10 Å². The Labute approximate surface area is 285 Å². The van der Waals surface area contributed by atoms with E-state index in [9.17, 15) is 14.4 Å². The van der Waals surface area contributed by atoms with E-state index in [1.54, 1.807) is 20.1 Å². The van der Waals surface area contributed by atoms with Gasteiger partial charge in [0, 0.05) is 24.4 Å². The Morgan fingerprint density at radius 3 is 2.51 bits per heavy atom. The summed E-state index contributed by atoms with van der Waals surface area (Å²) in [4.78, 5) is 37.8. The Morgan fingerprint density at radius 1 is 1.02 bits per heavy atom. The fourth-order valence-corrected chi connectivity index (χ4v) is 5.75. The molecule has 14 nitrogen and oxygen atoms in total. The fourth-order valence-electron chi connectivity index (χ4n) is 5.75. The van der Waals surface area contributed by atoms with E-state index in [4.69, 9.17) is 33.2 Å². The molecule has 2 fully saturated rings. The second-order valence-corrected chi connectivity index (χ2v) is 12.0. The fraction of sp³-hybridized carbons (Fsp3) is 0.486. The van der Waals surface area contributed by atoms with Gasteiger partial charge in [0.05, 0.1) is 44.8 Å². The first-order valence-electron chi connectivity index (χ1n) is 16.5. The van der Waals surface area contributed by atoms with Crippen molar-refractivity contribution in [3.05, 3.63) is 70.9 Å². The zero-order valence-electron chi connectivity index (χ0n) is 28.3. The van der Waals surface area contributed by atoms with Gasteiger partial charge in [-0.1, -0.05) is 24.3 Å². The third-order valence-electron chi connectivity index (χ3n) is 8.05. The van der Waals surface area contributed by atoms with Crippen molar-refractivity contribution >= 4 is 24.1 Å². The van der Waals surface area contributed by atoms with Crippen molar-refractivity contribution < 1.29 is 47.5 Å². The van der Waals surface area contributed by atoms with E-state index < -0.39 is 24.6 Å². The number of rotatable bonds is 13. The molecule has 1 saturated heterocycles. The van der Waals surface area contributed by atoms with Gasteiger partial charge in [0.25, 0.3) is 0 Å². The highest BCUT2D eigenvalue weighted by Crippen LogP contribution is 2.37. The monoisotopic (exact) mass is 680 g/mol. The third-order valence-corrected chi connectivity index (χ3v) is 8.05. The largest absolute Gasteiger partial charge is 0.497 e. The number of benzene rings is 2. The van der Waals surface area contributed by atoms with Crippen LogP contribution in [0.5, 0.6) is 11.5 Å². The molecule has 1 aromatic heterocycles. The van der Waals surface area contributed by atoms with E-state index in [1.807, 2.05) is 56.3 Å². The summed E-state index contributed by atoms with van der Waals surface area (Å²) in [5.41, 5.74) is 3.12. The summed E-state index contributed by atoms with van der Waals surface area (Å²) in [6, 6.07) is 14.8. The number of nitrogens with one attached hydrogen (secondary N) is 2. The highest BCUT2D eigenvalue weighted by molar-refractivity contribution is 5.86. The normalized spacial score (nSPS) is 17.5. The van der Waals surface area contributed by atoms with Gasteiger partial charge >= 0.3 is 18.3 Å².